The maximum absolute atomic E-state index is 12.7. The summed E-state index contributed by atoms with van der Waals surface area (Å²) in [5.74, 6) is 0.172. The topological polar surface area (TPSA) is 26.8 Å². The van der Waals surface area contributed by atoms with E-state index in [9.17, 15) is 4.79 Å². The Hall–Kier alpha value is -1.55. The van der Waals surface area contributed by atoms with Crippen LogP contribution >= 0.6 is 0 Å². The zero-order valence-electron chi connectivity index (χ0n) is 14.9. The summed E-state index contributed by atoms with van der Waals surface area (Å²) in [6.07, 6.45) is 3.20. The Morgan fingerprint density at radius 3 is 2.22 bits per heavy atom. The first-order valence-corrected chi connectivity index (χ1v) is 8.98. The summed E-state index contributed by atoms with van der Waals surface area (Å²) in [6, 6.07) is 8.18. The summed E-state index contributed by atoms with van der Waals surface area (Å²) in [7, 11) is 2.16. The van der Waals surface area contributed by atoms with Crippen molar-refractivity contribution in [2.24, 2.45) is 0 Å². The molecule has 1 saturated heterocycles. The lowest BCUT2D eigenvalue weighted by Gasteiger charge is -2.34. The van der Waals surface area contributed by atoms with Crippen LogP contribution in [-0.4, -0.2) is 62.0 Å². The van der Waals surface area contributed by atoms with E-state index in [0.717, 1.165) is 64.1 Å². The van der Waals surface area contributed by atoms with Gasteiger partial charge in [-0.2, -0.15) is 0 Å². The molecule has 1 aromatic rings. The van der Waals surface area contributed by atoms with E-state index in [4.69, 9.17) is 0 Å². The highest BCUT2D eigenvalue weighted by Crippen LogP contribution is 2.18. The summed E-state index contributed by atoms with van der Waals surface area (Å²) in [5.41, 5.74) is 2.04. The first-order valence-electron chi connectivity index (χ1n) is 8.98. The van der Waals surface area contributed by atoms with Crippen molar-refractivity contribution in [2.45, 2.75) is 33.1 Å². The summed E-state index contributed by atoms with van der Waals surface area (Å²) < 4.78 is 0. The van der Waals surface area contributed by atoms with E-state index >= 15 is 0 Å². The van der Waals surface area contributed by atoms with Crippen LogP contribution in [0.4, 0.5) is 5.69 Å². The first kappa shape index (κ1) is 17.8. The van der Waals surface area contributed by atoms with Gasteiger partial charge in [0.05, 0.1) is 0 Å². The Labute approximate surface area is 141 Å². The van der Waals surface area contributed by atoms with E-state index in [1.807, 2.05) is 17.0 Å². The maximum atomic E-state index is 12.7. The fraction of sp³-hybridized carbons (Fsp3) is 0.632. The Morgan fingerprint density at radius 2 is 1.65 bits per heavy atom. The van der Waals surface area contributed by atoms with Crippen molar-refractivity contribution in [1.29, 1.82) is 0 Å². The van der Waals surface area contributed by atoms with Crippen LogP contribution in [0.2, 0.25) is 0 Å². The van der Waals surface area contributed by atoms with Gasteiger partial charge < -0.3 is 14.7 Å². The number of unbranched alkanes of at least 4 members (excludes halogenated alkanes) is 1. The maximum Gasteiger partial charge on any atom is 0.253 e. The summed E-state index contributed by atoms with van der Waals surface area (Å²) in [6.45, 7) is 10.3. The third kappa shape index (κ3) is 4.96. The minimum atomic E-state index is 0.172. The monoisotopic (exact) mass is 317 g/mol. The number of nitrogens with zero attached hydrogens (tertiary/aromatic N) is 3. The fourth-order valence-electron chi connectivity index (χ4n) is 3.00. The number of amides is 1. The molecule has 1 aliphatic heterocycles. The predicted molar refractivity (Wildman–Crippen MR) is 97.3 cm³/mol. The molecule has 1 aromatic carbocycles. The van der Waals surface area contributed by atoms with Gasteiger partial charge in [-0.05, 0) is 44.2 Å². The number of carbonyl (C=O) groups is 1. The van der Waals surface area contributed by atoms with Crippen molar-refractivity contribution in [3.63, 3.8) is 0 Å². The van der Waals surface area contributed by atoms with Gasteiger partial charge in [0, 0.05) is 50.5 Å². The molecule has 0 aliphatic carbocycles. The Balaban J connectivity index is 2.01. The molecule has 0 spiro atoms. The normalized spacial score (nSPS) is 15.7. The van der Waals surface area contributed by atoms with Crippen LogP contribution < -0.4 is 4.90 Å². The quantitative estimate of drug-likeness (QED) is 0.773. The van der Waals surface area contributed by atoms with Crippen molar-refractivity contribution >= 4 is 11.6 Å². The first-order chi connectivity index (χ1) is 11.2. The molecule has 1 heterocycles. The standard InChI is InChI=1S/C19H31N3O/c1-4-6-12-22(11-5-2)19(23)17-7-9-18(10-8-17)21-15-13-20(3)14-16-21/h7-10H,4-6,11-16H2,1-3H3. The molecular formula is C19H31N3O. The summed E-state index contributed by atoms with van der Waals surface area (Å²) in [5, 5.41) is 0. The molecule has 4 nitrogen and oxygen atoms in total. The predicted octanol–water partition coefficient (Wildman–Crippen LogP) is 3.09. The number of piperazine rings is 1. The molecular weight excluding hydrogens is 286 g/mol. The number of hydrogen-bond acceptors (Lipinski definition) is 3. The highest BCUT2D eigenvalue weighted by atomic mass is 16.2. The van der Waals surface area contributed by atoms with Crippen molar-refractivity contribution in [3.8, 4) is 0 Å². The number of anilines is 1. The number of carbonyl (C=O) groups excluding carboxylic acids is 1. The molecule has 0 saturated carbocycles. The molecule has 1 fully saturated rings. The van der Waals surface area contributed by atoms with Crippen molar-refractivity contribution in [1.82, 2.24) is 9.80 Å². The lowest BCUT2D eigenvalue weighted by Crippen LogP contribution is -2.44. The number of likely N-dealkylation sites (N-methyl/N-ethyl adjacent to an activating group) is 1. The number of rotatable bonds is 7. The van der Waals surface area contributed by atoms with Gasteiger partial charge in [0.15, 0.2) is 0 Å². The van der Waals surface area contributed by atoms with Crippen LogP contribution in [0.5, 0.6) is 0 Å². The van der Waals surface area contributed by atoms with Crippen molar-refractivity contribution in [2.75, 3.05) is 51.2 Å². The van der Waals surface area contributed by atoms with Crippen LogP contribution in [-0.2, 0) is 0 Å². The van der Waals surface area contributed by atoms with E-state index in [2.05, 4.69) is 42.8 Å². The third-order valence-electron chi connectivity index (χ3n) is 4.55. The largest absolute Gasteiger partial charge is 0.369 e. The Kier molecular flexibility index (Phi) is 6.90. The van der Waals surface area contributed by atoms with Gasteiger partial charge in [-0.3, -0.25) is 4.79 Å². The molecule has 2 rings (SSSR count). The molecule has 0 atom stereocenters. The molecule has 23 heavy (non-hydrogen) atoms. The highest BCUT2D eigenvalue weighted by molar-refractivity contribution is 5.94. The second-order valence-electron chi connectivity index (χ2n) is 6.48. The number of benzene rings is 1. The van der Waals surface area contributed by atoms with Gasteiger partial charge in [-0.15, -0.1) is 0 Å². The second kappa shape index (κ2) is 8.92. The van der Waals surface area contributed by atoms with E-state index < -0.39 is 0 Å². The molecule has 0 bridgehead atoms. The number of hydrogen-bond donors (Lipinski definition) is 0. The lowest BCUT2D eigenvalue weighted by molar-refractivity contribution is 0.0753. The molecule has 0 aromatic heterocycles. The van der Waals surface area contributed by atoms with E-state index in [1.54, 1.807) is 0 Å². The zero-order chi connectivity index (χ0) is 16.7. The molecule has 4 heteroatoms. The summed E-state index contributed by atoms with van der Waals surface area (Å²) in [4.78, 5) is 19.4. The van der Waals surface area contributed by atoms with Crippen LogP contribution in [0.15, 0.2) is 24.3 Å². The van der Waals surface area contributed by atoms with Gasteiger partial charge in [0.1, 0.15) is 0 Å². The van der Waals surface area contributed by atoms with E-state index in [-0.39, 0.29) is 5.91 Å². The average Bonchev–Trinajstić information content (AvgIpc) is 2.59. The van der Waals surface area contributed by atoms with Gasteiger partial charge in [-0.1, -0.05) is 20.3 Å². The molecule has 0 N–H and O–H groups in total. The smallest absolute Gasteiger partial charge is 0.253 e. The van der Waals surface area contributed by atoms with E-state index in [1.165, 1.54) is 5.69 Å². The lowest BCUT2D eigenvalue weighted by atomic mass is 10.1. The average molecular weight is 317 g/mol. The van der Waals surface area contributed by atoms with Gasteiger partial charge in [-0.25, -0.2) is 0 Å². The third-order valence-corrected chi connectivity index (χ3v) is 4.55. The van der Waals surface area contributed by atoms with Crippen LogP contribution in [0.1, 0.15) is 43.5 Å². The van der Waals surface area contributed by atoms with Crippen LogP contribution in [0, 0.1) is 0 Å². The highest BCUT2D eigenvalue weighted by Gasteiger charge is 2.17. The minimum absolute atomic E-state index is 0.172. The van der Waals surface area contributed by atoms with Crippen molar-refractivity contribution < 1.29 is 4.79 Å². The molecule has 0 radical (unpaired) electrons. The van der Waals surface area contributed by atoms with Crippen LogP contribution in [0.3, 0.4) is 0 Å². The van der Waals surface area contributed by atoms with Gasteiger partial charge >= 0.3 is 0 Å². The minimum Gasteiger partial charge on any atom is -0.369 e. The molecule has 1 aliphatic rings. The molecule has 128 valence electrons. The zero-order valence-corrected chi connectivity index (χ0v) is 14.9. The SMILES string of the molecule is CCCCN(CCC)C(=O)c1ccc(N2CCN(C)CC2)cc1. The molecule has 0 unspecified atom stereocenters. The molecule has 1 amide bonds. The van der Waals surface area contributed by atoms with E-state index in [0.29, 0.717) is 0 Å². The Morgan fingerprint density at radius 1 is 1.00 bits per heavy atom. The van der Waals surface area contributed by atoms with Crippen molar-refractivity contribution in [3.05, 3.63) is 29.8 Å². The Bertz CT molecular complexity index is 478. The van der Waals surface area contributed by atoms with Gasteiger partial charge in [0.2, 0.25) is 0 Å². The second-order valence-corrected chi connectivity index (χ2v) is 6.48. The summed E-state index contributed by atoms with van der Waals surface area (Å²) >= 11 is 0. The van der Waals surface area contributed by atoms with Crippen LogP contribution in [0.25, 0.3) is 0 Å². The fourth-order valence-corrected chi connectivity index (χ4v) is 3.00. The van der Waals surface area contributed by atoms with Gasteiger partial charge in [0.25, 0.3) is 5.91 Å².